The second kappa shape index (κ2) is 16.5. The summed E-state index contributed by atoms with van der Waals surface area (Å²) in [6.07, 6.45) is 5.74. The smallest absolute Gasteiger partial charge is 0.407 e. The van der Waals surface area contributed by atoms with E-state index in [2.05, 4.69) is 50.1 Å². The topological polar surface area (TPSA) is 183 Å². The first-order valence-corrected chi connectivity index (χ1v) is 20.9. The van der Waals surface area contributed by atoms with Crippen LogP contribution in [0.15, 0.2) is 41.5 Å². The molecular weight excluding hydrogens is 755 g/mol. The Morgan fingerprint density at radius 3 is 2.15 bits per heavy atom. The van der Waals surface area contributed by atoms with Gasteiger partial charge in [-0.3, -0.25) is 14.6 Å². The van der Waals surface area contributed by atoms with Crippen LogP contribution in [-0.4, -0.2) is 108 Å². The molecule has 2 fully saturated rings. The van der Waals surface area contributed by atoms with E-state index in [-0.39, 0.29) is 41.8 Å². The van der Waals surface area contributed by atoms with Crippen molar-refractivity contribution in [2.75, 3.05) is 45.3 Å². The van der Waals surface area contributed by atoms with E-state index in [1.54, 1.807) is 0 Å². The number of alkyl carbamates (subject to hydrolysis) is 2. The molecule has 5 aliphatic heterocycles. The molecule has 0 aliphatic carbocycles. The van der Waals surface area contributed by atoms with Crippen molar-refractivity contribution in [3.63, 3.8) is 0 Å². The van der Waals surface area contributed by atoms with E-state index in [0.717, 1.165) is 90.6 Å². The van der Waals surface area contributed by atoms with Gasteiger partial charge in [0.15, 0.2) is 11.5 Å². The number of aryl methyl sites for hydroxylation is 1. The molecule has 8 rings (SSSR count). The van der Waals surface area contributed by atoms with Crippen LogP contribution >= 0.6 is 0 Å². The predicted octanol–water partition coefficient (Wildman–Crippen LogP) is 5.73. The van der Waals surface area contributed by atoms with Gasteiger partial charge < -0.3 is 49.8 Å². The predicted molar refractivity (Wildman–Crippen MR) is 221 cm³/mol. The van der Waals surface area contributed by atoms with Crippen LogP contribution in [0.1, 0.15) is 88.8 Å². The quantitative estimate of drug-likeness (QED) is 0.198. The van der Waals surface area contributed by atoms with E-state index >= 15 is 0 Å². The molecule has 16 nitrogen and oxygen atoms in total. The summed E-state index contributed by atoms with van der Waals surface area (Å²) in [7, 11) is 2.59. The lowest BCUT2D eigenvalue weighted by Crippen LogP contribution is -2.54. The Hall–Kier alpha value is -5.80. The van der Waals surface area contributed by atoms with Crippen molar-refractivity contribution in [2.45, 2.75) is 96.4 Å². The van der Waals surface area contributed by atoms with Gasteiger partial charge in [-0.15, -0.1) is 0 Å². The molecule has 2 saturated heterocycles. The number of methoxy groups -OCH3 is 2. The second-order valence-electron chi connectivity index (χ2n) is 16.8. The molecule has 16 heteroatoms. The number of aromatic amines is 1. The van der Waals surface area contributed by atoms with Crippen LogP contribution in [0.3, 0.4) is 0 Å². The lowest BCUT2D eigenvalue weighted by molar-refractivity contribution is -0.135. The third-order valence-electron chi connectivity index (χ3n) is 12.3. The number of H-pyrrole nitrogens is 1. The van der Waals surface area contributed by atoms with Gasteiger partial charge in [0.2, 0.25) is 11.8 Å². The van der Waals surface area contributed by atoms with Crippen LogP contribution in [0.25, 0.3) is 11.3 Å². The Labute approximate surface area is 344 Å². The molecule has 1 unspecified atom stereocenters. The van der Waals surface area contributed by atoms with Crippen molar-refractivity contribution in [2.24, 2.45) is 16.8 Å². The summed E-state index contributed by atoms with van der Waals surface area (Å²) in [6, 6.07) is 8.73. The first-order chi connectivity index (χ1) is 28.4. The summed E-state index contributed by atoms with van der Waals surface area (Å²) in [5.74, 6) is 2.60. The maximum absolute atomic E-state index is 13.7. The number of fused-ring (bicyclic) bond motifs is 2. The SMILES string of the molecule is COC(=O)N[C@H](C(=O)N1CCC[C@H]1C1=NCC(c2ccc3c(c2)N2CCCc4cc(-c5cnc([C@@H]6CCCN6C(=O)[C@@H](NC(=O)OC)C(C)C)[nH]5)cc(c42)O3)N1)C(C)C. The highest BCUT2D eigenvalue weighted by atomic mass is 16.5. The molecular formula is C43H55N9O7. The zero-order valence-corrected chi connectivity index (χ0v) is 34.7. The number of likely N-dealkylation sites (tertiary alicyclic amines) is 2. The second-order valence-corrected chi connectivity index (χ2v) is 16.8. The monoisotopic (exact) mass is 809 g/mol. The fourth-order valence-corrected chi connectivity index (χ4v) is 9.23. The van der Waals surface area contributed by atoms with Crippen LogP contribution in [0.5, 0.6) is 11.5 Å². The number of hydrogen-bond acceptors (Lipinski definition) is 11. The number of aliphatic imine (C=N–C) groups is 1. The number of nitrogens with zero attached hydrogens (tertiary/aromatic N) is 5. The largest absolute Gasteiger partial charge is 0.453 e. The van der Waals surface area contributed by atoms with E-state index < -0.39 is 24.3 Å². The van der Waals surface area contributed by atoms with E-state index in [0.29, 0.717) is 25.5 Å². The molecule has 314 valence electrons. The van der Waals surface area contributed by atoms with Crippen molar-refractivity contribution in [1.29, 1.82) is 0 Å². The molecule has 59 heavy (non-hydrogen) atoms. The van der Waals surface area contributed by atoms with Gasteiger partial charge in [-0.05, 0) is 85.8 Å². The molecule has 3 aromatic rings. The van der Waals surface area contributed by atoms with Crippen molar-refractivity contribution in [1.82, 2.24) is 35.7 Å². The molecule has 2 aromatic carbocycles. The summed E-state index contributed by atoms with van der Waals surface area (Å²) in [5, 5.41) is 9.09. The number of amidine groups is 1. The number of carbonyl (C=O) groups is 4. The number of aromatic nitrogens is 2. The molecule has 4 amide bonds. The van der Waals surface area contributed by atoms with E-state index in [9.17, 15) is 19.2 Å². The van der Waals surface area contributed by atoms with Crippen LogP contribution < -0.4 is 25.6 Å². The van der Waals surface area contributed by atoms with E-state index in [4.69, 9.17) is 24.2 Å². The number of carbonyl (C=O) groups excluding carboxylic acids is 4. The average Bonchev–Trinajstić information content (AvgIpc) is 4.08. The molecule has 5 aliphatic rings. The Kier molecular flexibility index (Phi) is 11.2. The number of hydrogen-bond donors (Lipinski definition) is 4. The summed E-state index contributed by atoms with van der Waals surface area (Å²) < 4.78 is 16.2. The fourth-order valence-electron chi connectivity index (χ4n) is 9.23. The minimum atomic E-state index is -0.701. The molecule has 0 spiro atoms. The Balaban J connectivity index is 0.976. The van der Waals surface area contributed by atoms with Crippen LogP contribution in [0.2, 0.25) is 0 Å². The first kappa shape index (κ1) is 40.0. The number of amides is 4. The van der Waals surface area contributed by atoms with E-state index in [1.807, 2.05) is 49.8 Å². The van der Waals surface area contributed by atoms with Crippen molar-refractivity contribution >= 4 is 41.2 Å². The van der Waals surface area contributed by atoms with Crippen molar-refractivity contribution in [3.05, 3.63) is 53.5 Å². The number of rotatable bonds is 10. The zero-order chi connectivity index (χ0) is 41.5. The number of ether oxygens (including phenoxy) is 3. The first-order valence-electron chi connectivity index (χ1n) is 20.9. The highest BCUT2D eigenvalue weighted by Crippen LogP contribution is 2.52. The van der Waals surface area contributed by atoms with Gasteiger partial charge in [0.1, 0.15) is 23.7 Å². The molecule has 0 bridgehead atoms. The number of nitrogens with one attached hydrogen (secondary N) is 4. The molecule has 0 radical (unpaired) electrons. The van der Waals surface area contributed by atoms with Gasteiger partial charge in [-0.2, -0.15) is 0 Å². The standard InChI is InChI=1S/C43H55N9O7/c1-23(2)35(48-42(55)57-5)40(53)51-16-8-11-30(51)38-44-21-28(46-38)25-13-14-33-32(19-25)50-15-7-10-26-18-27(20-34(59-33)37(26)50)29-22-45-39(47-29)31-12-9-17-52(31)41(54)36(24(3)4)49-43(56)58-6/h13-14,18-20,22-24,28,30-31,35-36H,7-12,15-17,21H2,1-6H3,(H,44,46)(H,45,47)(H,48,55)(H,49,56)/t28?,30-,31-,35-,36-/m0/s1. The average molecular weight is 810 g/mol. The maximum atomic E-state index is 13.7. The van der Waals surface area contributed by atoms with Crippen LogP contribution in [0.4, 0.5) is 21.0 Å². The highest BCUT2D eigenvalue weighted by molar-refractivity contribution is 5.95. The third-order valence-corrected chi connectivity index (χ3v) is 12.3. The third kappa shape index (κ3) is 7.64. The highest BCUT2D eigenvalue weighted by Gasteiger charge is 2.41. The van der Waals surface area contributed by atoms with Gasteiger partial charge in [0.25, 0.3) is 0 Å². The van der Waals surface area contributed by atoms with Crippen LogP contribution in [-0.2, 0) is 25.5 Å². The normalized spacial score (nSPS) is 21.6. The minimum Gasteiger partial charge on any atom is -0.453 e. The number of benzene rings is 2. The molecule has 6 heterocycles. The fraction of sp³-hybridized carbons (Fsp3) is 0.535. The summed E-state index contributed by atoms with van der Waals surface area (Å²) in [6.45, 7) is 10.2. The lowest BCUT2D eigenvalue weighted by Gasteiger charge is -2.38. The summed E-state index contributed by atoms with van der Waals surface area (Å²) >= 11 is 0. The van der Waals surface area contributed by atoms with Crippen LogP contribution in [0, 0.1) is 11.8 Å². The van der Waals surface area contributed by atoms with Crippen molar-refractivity contribution in [3.8, 4) is 22.8 Å². The molecule has 1 aromatic heterocycles. The van der Waals surface area contributed by atoms with Gasteiger partial charge in [0, 0.05) is 25.2 Å². The Morgan fingerprint density at radius 2 is 1.49 bits per heavy atom. The molecule has 4 N–H and O–H groups in total. The maximum Gasteiger partial charge on any atom is 0.407 e. The van der Waals surface area contributed by atoms with Gasteiger partial charge >= 0.3 is 12.2 Å². The van der Waals surface area contributed by atoms with Gasteiger partial charge in [0.05, 0.1) is 62.2 Å². The van der Waals surface area contributed by atoms with Gasteiger partial charge in [-0.25, -0.2) is 14.6 Å². The summed E-state index contributed by atoms with van der Waals surface area (Å²) in [5.41, 5.74) is 6.18. The molecule has 5 atom stereocenters. The summed E-state index contributed by atoms with van der Waals surface area (Å²) in [4.78, 5) is 70.8. The number of anilines is 2. The van der Waals surface area contributed by atoms with E-state index in [1.165, 1.54) is 19.8 Å². The van der Waals surface area contributed by atoms with Gasteiger partial charge in [-0.1, -0.05) is 33.8 Å². The zero-order valence-electron chi connectivity index (χ0n) is 34.7. The lowest BCUT2D eigenvalue weighted by atomic mass is 9.95. The Bertz CT molecular complexity index is 2150. The Morgan fingerprint density at radius 1 is 0.831 bits per heavy atom. The number of imidazole rings is 1. The van der Waals surface area contributed by atoms with Crippen molar-refractivity contribution < 1.29 is 33.4 Å². The minimum absolute atomic E-state index is 0.0593. The molecule has 0 saturated carbocycles.